The van der Waals surface area contributed by atoms with Crippen LogP contribution in [-0.4, -0.2) is 11.7 Å². The van der Waals surface area contributed by atoms with E-state index in [1.807, 2.05) is 18.2 Å². The van der Waals surface area contributed by atoms with E-state index in [1.165, 1.54) is 17.7 Å². The number of hydrogen-bond donors (Lipinski definition) is 1. The number of aliphatic hydroxyl groups excluding tert-OH is 1. The fraction of sp³-hybridized carbons (Fsp3) is 0.250. The van der Waals surface area contributed by atoms with Crippen LogP contribution in [0.3, 0.4) is 0 Å². The van der Waals surface area contributed by atoms with Gasteiger partial charge in [0, 0.05) is 5.56 Å². The van der Waals surface area contributed by atoms with Gasteiger partial charge in [-0.2, -0.15) is 0 Å². The molecule has 2 aromatic carbocycles. The molecule has 0 atom stereocenters. The number of aliphatic hydroxyl groups is 1. The zero-order valence-corrected chi connectivity index (χ0v) is 10.7. The first-order chi connectivity index (χ1) is 9.29. The van der Waals surface area contributed by atoms with Gasteiger partial charge in [0.15, 0.2) is 0 Å². The molecule has 3 heteroatoms. The van der Waals surface area contributed by atoms with Crippen molar-refractivity contribution in [1.29, 1.82) is 0 Å². The summed E-state index contributed by atoms with van der Waals surface area (Å²) < 4.78 is 18.6. The van der Waals surface area contributed by atoms with Crippen molar-refractivity contribution in [3.05, 3.63) is 65.5 Å². The number of hydrogen-bond acceptors (Lipinski definition) is 2. The summed E-state index contributed by atoms with van der Waals surface area (Å²) in [6.07, 6.45) is 1.82. The highest BCUT2D eigenvalue weighted by molar-refractivity contribution is 5.33. The third-order valence-electron chi connectivity index (χ3n) is 2.90. The summed E-state index contributed by atoms with van der Waals surface area (Å²) in [6, 6.07) is 14.4. The van der Waals surface area contributed by atoms with Crippen LogP contribution in [0, 0.1) is 5.82 Å². The summed E-state index contributed by atoms with van der Waals surface area (Å²) in [5, 5.41) is 9.13. The average Bonchev–Trinajstić information content (AvgIpc) is 2.46. The second kappa shape index (κ2) is 6.90. The number of ether oxygens (including phenoxy) is 1. The third-order valence-corrected chi connectivity index (χ3v) is 2.90. The van der Waals surface area contributed by atoms with Crippen molar-refractivity contribution < 1.29 is 14.2 Å². The topological polar surface area (TPSA) is 29.5 Å². The van der Waals surface area contributed by atoms with Crippen molar-refractivity contribution in [3.8, 4) is 5.75 Å². The zero-order valence-electron chi connectivity index (χ0n) is 10.7. The largest absolute Gasteiger partial charge is 0.493 e. The molecule has 0 bridgehead atoms. The van der Waals surface area contributed by atoms with E-state index in [-0.39, 0.29) is 12.4 Å². The molecule has 0 radical (unpaired) electrons. The van der Waals surface area contributed by atoms with Crippen LogP contribution in [0.2, 0.25) is 0 Å². The summed E-state index contributed by atoms with van der Waals surface area (Å²) in [5.41, 5.74) is 1.76. The molecule has 0 aliphatic rings. The van der Waals surface area contributed by atoms with Gasteiger partial charge < -0.3 is 9.84 Å². The Balaban J connectivity index is 1.83. The van der Waals surface area contributed by atoms with E-state index in [9.17, 15) is 4.39 Å². The summed E-state index contributed by atoms with van der Waals surface area (Å²) in [7, 11) is 0. The SMILES string of the molecule is OCc1cc(F)ccc1OCCCc1ccccc1. The van der Waals surface area contributed by atoms with E-state index in [0.717, 1.165) is 12.8 Å². The third kappa shape index (κ3) is 4.07. The van der Waals surface area contributed by atoms with E-state index in [2.05, 4.69) is 12.1 Å². The first-order valence-electron chi connectivity index (χ1n) is 6.35. The quantitative estimate of drug-likeness (QED) is 0.807. The lowest BCUT2D eigenvalue weighted by atomic mass is 10.1. The number of aryl methyl sites for hydroxylation is 1. The molecule has 0 saturated carbocycles. The van der Waals surface area contributed by atoms with Crippen LogP contribution < -0.4 is 4.74 Å². The van der Waals surface area contributed by atoms with Crippen molar-refractivity contribution >= 4 is 0 Å². The van der Waals surface area contributed by atoms with E-state index < -0.39 is 0 Å². The maximum Gasteiger partial charge on any atom is 0.125 e. The van der Waals surface area contributed by atoms with E-state index in [4.69, 9.17) is 9.84 Å². The van der Waals surface area contributed by atoms with Crippen LogP contribution >= 0.6 is 0 Å². The summed E-state index contributed by atoms with van der Waals surface area (Å²) in [5.74, 6) is 0.192. The smallest absolute Gasteiger partial charge is 0.125 e. The Bertz CT molecular complexity index is 511. The molecule has 0 fully saturated rings. The molecule has 2 rings (SSSR count). The molecular formula is C16H17FO2. The van der Waals surface area contributed by atoms with E-state index in [1.54, 1.807) is 6.07 Å². The molecule has 0 saturated heterocycles. The van der Waals surface area contributed by atoms with Gasteiger partial charge in [0.05, 0.1) is 13.2 Å². The van der Waals surface area contributed by atoms with Gasteiger partial charge in [-0.3, -0.25) is 0 Å². The van der Waals surface area contributed by atoms with Crippen LogP contribution in [0.15, 0.2) is 48.5 Å². The molecule has 1 N–H and O–H groups in total. The molecule has 0 aromatic heterocycles. The summed E-state index contributed by atoms with van der Waals surface area (Å²) in [4.78, 5) is 0. The van der Waals surface area contributed by atoms with Crippen LogP contribution in [0.4, 0.5) is 4.39 Å². The lowest BCUT2D eigenvalue weighted by Crippen LogP contribution is -2.02. The molecule has 0 aliphatic carbocycles. The van der Waals surface area contributed by atoms with Crippen molar-refractivity contribution in [2.75, 3.05) is 6.61 Å². The van der Waals surface area contributed by atoms with Crippen LogP contribution in [0.1, 0.15) is 17.5 Å². The van der Waals surface area contributed by atoms with Crippen LogP contribution in [-0.2, 0) is 13.0 Å². The van der Waals surface area contributed by atoms with Gasteiger partial charge in [-0.25, -0.2) is 4.39 Å². The molecular weight excluding hydrogens is 243 g/mol. The minimum Gasteiger partial charge on any atom is -0.493 e. The molecule has 100 valence electrons. The summed E-state index contributed by atoms with van der Waals surface area (Å²) >= 11 is 0. The van der Waals surface area contributed by atoms with E-state index >= 15 is 0 Å². The first kappa shape index (κ1) is 13.6. The van der Waals surface area contributed by atoms with Gasteiger partial charge in [0.25, 0.3) is 0 Å². The normalized spacial score (nSPS) is 10.4. The number of benzene rings is 2. The standard InChI is InChI=1S/C16H17FO2/c17-15-8-9-16(14(11-15)12-18)19-10-4-7-13-5-2-1-3-6-13/h1-3,5-6,8-9,11,18H,4,7,10,12H2. The Morgan fingerprint density at radius 3 is 2.58 bits per heavy atom. The second-order valence-electron chi connectivity index (χ2n) is 4.35. The van der Waals surface area contributed by atoms with Crippen LogP contribution in [0.5, 0.6) is 5.75 Å². The maximum atomic E-state index is 13.0. The van der Waals surface area contributed by atoms with Gasteiger partial charge in [-0.05, 0) is 36.6 Å². The molecule has 0 unspecified atom stereocenters. The fourth-order valence-electron chi connectivity index (χ4n) is 1.92. The molecule has 0 heterocycles. The lowest BCUT2D eigenvalue weighted by molar-refractivity contribution is 0.260. The summed E-state index contributed by atoms with van der Waals surface area (Å²) in [6.45, 7) is 0.333. The van der Waals surface area contributed by atoms with Crippen molar-refractivity contribution in [2.45, 2.75) is 19.4 Å². The first-order valence-corrected chi connectivity index (χ1v) is 6.35. The molecule has 0 aliphatic heterocycles. The Labute approximate surface area is 112 Å². The van der Waals surface area contributed by atoms with Gasteiger partial charge >= 0.3 is 0 Å². The minimum absolute atomic E-state index is 0.216. The monoisotopic (exact) mass is 260 g/mol. The van der Waals surface area contributed by atoms with E-state index in [0.29, 0.717) is 17.9 Å². The Morgan fingerprint density at radius 1 is 1.05 bits per heavy atom. The maximum absolute atomic E-state index is 13.0. The second-order valence-corrected chi connectivity index (χ2v) is 4.35. The molecule has 0 spiro atoms. The van der Waals surface area contributed by atoms with Gasteiger partial charge in [0.2, 0.25) is 0 Å². The van der Waals surface area contributed by atoms with Gasteiger partial charge in [0.1, 0.15) is 11.6 Å². The Morgan fingerprint density at radius 2 is 1.84 bits per heavy atom. The van der Waals surface area contributed by atoms with Crippen LogP contribution in [0.25, 0.3) is 0 Å². The zero-order chi connectivity index (χ0) is 13.5. The predicted octanol–water partition coefficient (Wildman–Crippen LogP) is 3.33. The highest BCUT2D eigenvalue weighted by Crippen LogP contribution is 2.20. The Kier molecular flexibility index (Phi) is 4.93. The molecule has 0 amide bonds. The predicted molar refractivity (Wildman–Crippen MR) is 72.6 cm³/mol. The van der Waals surface area contributed by atoms with Crippen molar-refractivity contribution in [2.24, 2.45) is 0 Å². The average molecular weight is 260 g/mol. The van der Waals surface area contributed by atoms with Gasteiger partial charge in [-0.1, -0.05) is 30.3 Å². The lowest BCUT2D eigenvalue weighted by Gasteiger charge is -2.10. The minimum atomic E-state index is -0.360. The fourth-order valence-corrected chi connectivity index (χ4v) is 1.92. The van der Waals surface area contributed by atoms with Crippen molar-refractivity contribution in [3.63, 3.8) is 0 Å². The molecule has 2 nitrogen and oxygen atoms in total. The highest BCUT2D eigenvalue weighted by atomic mass is 19.1. The Hall–Kier alpha value is -1.87. The number of halogens is 1. The molecule has 2 aromatic rings. The highest BCUT2D eigenvalue weighted by Gasteiger charge is 2.04. The molecule has 19 heavy (non-hydrogen) atoms. The van der Waals surface area contributed by atoms with Crippen molar-refractivity contribution in [1.82, 2.24) is 0 Å². The number of rotatable bonds is 6. The van der Waals surface area contributed by atoms with Gasteiger partial charge in [-0.15, -0.1) is 0 Å².